The van der Waals surface area contributed by atoms with Gasteiger partial charge in [0.2, 0.25) is 0 Å². The minimum Gasteiger partial charge on any atom is -0.460 e. The number of allylic oxidation sites excluding steroid dienone is 4. The lowest BCUT2D eigenvalue weighted by molar-refractivity contribution is -0.180. The van der Waals surface area contributed by atoms with Crippen molar-refractivity contribution in [2.45, 2.75) is 71.9 Å². The van der Waals surface area contributed by atoms with Gasteiger partial charge in [0.25, 0.3) is 0 Å². The molecule has 4 aliphatic carbocycles. The second kappa shape index (κ2) is 10.1. The lowest BCUT2D eigenvalue weighted by atomic mass is 9.67. The molecule has 10 nitrogen and oxygen atoms in total. The van der Waals surface area contributed by atoms with E-state index in [1.165, 1.54) is 19.1 Å². The summed E-state index contributed by atoms with van der Waals surface area (Å²) in [4.78, 5) is 79.3. The molecule has 0 aromatic carbocycles. The first-order chi connectivity index (χ1) is 20.6. The van der Waals surface area contributed by atoms with Crippen LogP contribution in [0.1, 0.15) is 47.5 Å². The number of carbonyl (C=O) groups excluding carboxylic acids is 6. The van der Waals surface area contributed by atoms with E-state index in [1.54, 1.807) is 13.8 Å². The van der Waals surface area contributed by atoms with Crippen molar-refractivity contribution in [2.24, 2.45) is 52.3 Å². The summed E-state index contributed by atoms with van der Waals surface area (Å²) in [5, 5.41) is 0. The van der Waals surface area contributed by atoms with E-state index >= 15 is 0 Å². The molecule has 4 fully saturated rings. The Balaban J connectivity index is 1.29. The third kappa shape index (κ3) is 4.05. The molecule has 0 N–H and O–H groups in total. The summed E-state index contributed by atoms with van der Waals surface area (Å²) in [6, 6.07) is 0. The van der Waals surface area contributed by atoms with Crippen molar-refractivity contribution in [2.75, 3.05) is 0 Å². The average Bonchev–Trinajstić information content (AvgIpc) is 3.59. The quantitative estimate of drug-likeness (QED) is 0.203. The van der Waals surface area contributed by atoms with Crippen molar-refractivity contribution in [1.82, 2.24) is 0 Å². The standard InChI is InChI=1S/C34H38O10/c1-14-12-21-25(16(3)29(37)41-21)27(33(6)19(14)8-10-23(33)35)43-31(39)18(5)32(40)44-28-26-17(4)30(38)42-22(26)13-15(2)20-9-11-24(36)34(20,28)7/h8-11,14-15,18-22,25-28H,3-4,12-13H2,1-2,5-7H3/t14-,15-,19+,20+,21-,22-,25-,26-,27+,28+,33+,34+/m1/s1. The van der Waals surface area contributed by atoms with Crippen LogP contribution in [0.5, 0.6) is 0 Å². The van der Waals surface area contributed by atoms with Crippen LogP contribution < -0.4 is 0 Å². The minimum absolute atomic E-state index is 0.0683. The van der Waals surface area contributed by atoms with E-state index in [9.17, 15) is 28.8 Å². The summed E-state index contributed by atoms with van der Waals surface area (Å²) in [6.07, 6.45) is 3.95. The summed E-state index contributed by atoms with van der Waals surface area (Å²) >= 11 is 0. The van der Waals surface area contributed by atoms with Crippen LogP contribution >= 0.6 is 0 Å². The Bertz CT molecular complexity index is 1360. The summed E-state index contributed by atoms with van der Waals surface area (Å²) < 4.78 is 23.3. The van der Waals surface area contributed by atoms with Crippen molar-refractivity contribution < 1.29 is 47.7 Å². The van der Waals surface area contributed by atoms with Crippen LogP contribution in [0, 0.1) is 52.3 Å². The fourth-order valence-corrected chi connectivity index (χ4v) is 8.84. The number of hydrogen-bond acceptors (Lipinski definition) is 10. The molecule has 234 valence electrons. The van der Waals surface area contributed by atoms with Gasteiger partial charge in [0.15, 0.2) is 17.5 Å². The minimum atomic E-state index is -1.47. The Morgan fingerprint density at radius 3 is 1.50 bits per heavy atom. The van der Waals surface area contributed by atoms with Crippen LogP contribution in [0.2, 0.25) is 0 Å². The molecule has 0 aromatic heterocycles. The fourth-order valence-electron chi connectivity index (χ4n) is 8.84. The smallest absolute Gasteiger partial charge is 0.334 e. The predicted octanol–water partition coefficient (Wildman–Crippen LogP) is 3.24. The maximum absolute atomic E-state index is 13.8. The van der Waals surface area contributed by atoms with Gasteiger partial charge in [-0.2, -0.15) is 0 Å². The number of esters is 4. The topological polar surface area (TPSA) is 139 Å². The number of fused-ring (bicyclic) bond motifs is 4. The van der Waals surface area contributed by atoms with Gasteiger partial charge in [0, 0.05) is 11.1 Å². The van der Waals surface area contributed by atoms with Crippen molar-refractivity contribution in [3.63, 3.8) is 0 Å². The third-order valence-corrected chi connectivity index (χ3v) is 11.5. The Kier molecular flexibility index (Phi) is 6.94. The number of rotatable bonds is 4. The van der Waals surface area contributed by atoms with Gasteiger partial charge in [-0.3, -0.25) is 19.2 Å². The first-order valence-corrected chi connectivity index (χ1v) is 15.3. The highest BCUT2D eigenvalue weighted by molar-refractivity contribution is 6.01. The molecule has 44 heavy (non-hydrogen) atoms. The average molecular weight is 607 g/mol. The molecule has 2 heterocycles. The van der Waals surface area contributed by atoms with Crippen LogP contribution in [0.4, 0.5) is 0 Å². The molecule has 0 radical (unpaired) electrons. The molecule has 2 saturated carbocycles. The molecular formula is C34H38O10. The normalized spacial score (nSPS) is 44.0. The summed E-state index contributed by atoms with van der Waals surface area (Å²) in [6.45, 7) is 16.5. The zero-order valence-corrected chi connectivity index (χ0v) is 25.6. The van der Waals surface area contributed by atoms with Gasteiger partial charge in [0.1, 0.15) is 24.4 Å². The highest BCUT2D eigenvalue weighted by Crippen LogP contribution is 2.56. The van der Waals surface area contributed by atoms with Crippen LogP contribution in [-0.4, -0.2) is 59.9 Å². The first kappa shape index (κ1) is 30.2. The summed E-state index contributed by atoms with van der Waals surface area (Å²) in [5.41, 5.74) is -2.18. The van der Waals surface area contributed by atoms with E-state index in [1.807, 2.05) is 26.0 Å². The Labute approximate surface area is 255 Å². The van der Waals surface area contributed by atoms with E-state index in [0.29, 0.717) is 12.8 Å². The van der Waals surface area contributed by atoms with Gasteiger partial charge in [-0.05, 0) is 69.4 Å². The molecule has 0 spiro atoms. The third-order valence-electron chi connectivity index (χ3n) is 11.5. The Hall–Kier alpha value is -3.82. The van der Waals surface area contributed by atoms with Gasteiger partial charge in [-0.25, -0.2) is 9.59 Å². The molecule has 6 aliphatic rings. The lowest BCUT2D eigenvalue weighted by Crippen LogP contribution is -2.51. The number of ketones is 2. The SMILES string of the molecule is C=C1C(=O)O[C@@H]2C[C@@H](C)[C@@H]3C=CC(=O)[C@@]3(C)[C@@H](OC(=O)C(C)C(=O)O[C@H]3[C@@H]4C(=C)C(=O)O[C@@H]4C[C@@H](C)[C@@H]4C=CC(=O)[C@]43C)[C@H]12. The van der Waals surface area contributed by atoms with Gasteiger partial charge >= 0.3 is 23.9 Å². The Morgan fingerprint density at radius 1 is 0.773 bits per heavy atom. The molecule has 0 amide bonds. The van der Waals surface area contributed by atoms with E-state index in [0.717, 1.165) is 0 Å². The molecule has 12 atom stereocenters. The zero-order valence-electron chi connectivity index (χ0n) is 25.6. The first-order valence-electron chi connectivity index (χ1n) is 15.3. The molecule has 10 heteroatoms. The van der Waals surface area contributed by atoms with Gasteiger partial charge < -0.3 is 18.9 Å². The van der Waals surface area contributed by atoms with E-state index in [2.05, 4.69) is 13.2 Å². The van der Waals surface area contributed by atoms with Crippen molar-refractivity contribution >= 4 is 35.4 Å². The van der Waals surface area contributed by atoms with Crippen LogP contribution in [-0.2, 0) is 47.7 Å². The van der Waals surface area contributed by atoms with Crippen LogP contribution in [0.15, 0.2) is 48.6 Å². The van der Waals surface area contributed by atoms with Gasteiger partial charge in [0.05, 0.1) is 22.7 Å². The van der Waals surface area contributed by atoms with E-state index in [4.69, 9.17) is 18.9 Å². The summed E-state index contributed by atoms with van der Waals surface area (Å²) in [7, 11) is 0. The van der Waals surface area contributed by atoms with E-state index in [-0.39, 0.29) is 46.4 Å². The number of hydrogen-bond donors (Lipinski definition) is 0. The van der Waals surface area contributed by atoms with Crippen molar-refractivity contribution in [3.8, 4) is 0 Å². The maximum Gasteiger partial charge on any atom is 0.334 e. The van der Waals surface area contributed by atoms with Gasteiger partial charge in [-0.15, -0.1) is 0 Å². The molecule has 6 rings (SSSR count). The molecule has 0 aromatic rings. The largest absolute Gasteiger partial charge is 0.460 e. The summed E-state index contributed by atoms with van der Waals surface area (Å²) in [5.74, 6) is -7.34. The molecule has 2 saturated heterocycles. The van der Waals surface area contributed by atoms with Crippen LogP contribution in [0.3, 0.4) is 0 Å². The number of ether oxygens (including phenoxy) is 4. The predicted molar refractivity (Wildman–Crippen MR) is 153 cm³/mol. The molecule has 0 bridgehead atoms. The second-order valence-electron chi connectivity index (χ2n) is 13.9. The maximum atomic E-state index is 13.8. The fraction of sp³-hybridized carbons (Fsp3) is 0.588. The van der Waals surface area contributed by atoms with Crippen molar-refractivity contribution in [1.29, 1.82) is 0 Å². The lowest BCUT2D eigenvalue weighted by Gasteiger charge is -2.40. The van der Waals surface area contributed by atoms with E-state index < -0.39 is 76.9 Å². The van der Waals surface area contributed by atoms with Gasteiger partial charge in [-0.1, -0.05) is 39.2 Å². The Morgan fingerprint density at radius 2 is 1.14 bits per heavy atom. The molecule has 2 aliphatic heterocycles. The second-order valence-corrected chi connectivity index (χ2v) is 13.9. The highest BCUT2D eigenvalue weighted by atomic mass is 16.6. The number of carbonyl (C=O) groups is 6. The monoisotopic (exact) mass is 606 g/mol. The molecule has 0 unspecified atom stereocenters. The van der Waals surface area contributed by atoms with Crippen LogP contribution in [0.25, 0.3) is 0 Å². The zero-order chi connectivity index (χ0) is 32.0. The highest BCUT2D eigenvalue weighted by Gasteiger charge is 2.64. The molecular weight excluding hydrogens is 568 g/mol. The van der Waals surface area contributed by atoms with Crippen molar-refractivity contribution in [3.05, 3.63) is 48.6 Å².